The van der Waals surface area contributed by atoms with Crippen LogP contribution in [0.3, 0.4) is 0 Å². The molecule has 0 amide bonds. The van der Waals surface area contributed by atoms with Crippen molar-refractivity contribution in [1.29, 1.82) is 0 Å². The average Bonchev–Trinajstić information content (AvgIpc) is 3.94. The van der Waals surface area contributed by atoms with Crippen LogP contribution in [-0.2, 0) is 5.41 Å². The van der Waals surface area contributed by atoms with Gasteiger partial charge < -0.3 is 19.1 Å². The SMILES string of the molecule is c1ccc(N2c3ccc(-c4ccc(N5c6ccccc6Oc6ccccc65)cc4)cc3C3(c4cc(-c5ccc(-n6c7ccccc7c7ccccc76)cc5)ccc42)c2cccnc2-c2ncccc23)cc1. The van der Waals surface area contributed by atoms with E-state index in [0.717, 1.165) is 96.1 Å². The molecule has 0 saturated carbocycles. The normalized spacial score (nSPS) is 13.5. The van der Waals surface area contributed by atoms with Crippen LogP contribution in [0.5, 0.6) is 11.5 Å². The molecule has 6 heteroatoms. The number of ether oxygens (including phenoxy) is 1. The fourth-order valence-electron chi connectivity index (χ4n) is 11.9. The van der Waals surface area contributed by atoms with Crippen molar-refractivity contribution in [3.63, 3.8) is 0 Å². The summed E-state index contributed by atoms with van der Waals surface area (Å²) in [6, 6.07) is 85.4. The fraction of sp³-hybridized carbons (Fsp3) is 0.0154. The van der Waals surface area contributed by atoms with Crippen molar-refractivity contribution >= 4 is 55.9 Å². The molecule has 0 fully saturated rings. The third-order valence-corrected chi connectivity index (χ3v) is 14.9. The molecule has 0 bridgehead atoms. The molecule has 0 N–H and O–H groups in total. The Morgan fingerprint density at radius 2 is 0.761 bits per heavy atom. The molecule has 332 valence electrons. The zero-order valence-corrected chi connectivity index (χ0v) is 38.3. The van der Waals surface area contributed by atoms with E-state index < -0.39 is 5.41 Å². The molecule has 0 unspecified atom stereocenters. The molecular formula is C65H41N5O. The number of hydrogen-bond donors (Lipinski definition) is 0. The van der Waals surface area contributed by atoms with Gasteiger partial charge in [-0.15, -0.1) is 0 Å². The topological polar surface area (TPSA) is 46.4 Å². The van der Waals surface area contributed by atoms with Crippen molar-refractivity contribution in [3.8, 4) is 50.8 Å². The van der Waals surface area contributed by atoms with Crippen LogP contribution in [-0.4, -0.2) is 14.5 Å². The predicted octanol–water partition coefficient (Wildman–Crippen LogP) is 16.6. The molecule has 71 heavy (non-hydrogen) atoms. The Labute approximate surface area is 410 Å². The van der Waals surface area contributed by atoms with Gasteiger partial charge in [0, 0.05) is 40.2 Å². The number of aromatic nitrogens is 3. The second-order valence-electron chi connectivity index (χ2n) is 18.5. The van der Waals surface area contributed by atoms with Gasteiger partial charge in [-0.3, -0.25) is 9.97 Å². The van der Waals surface area contributed by atoms with Crippen LogP contribution < -0.4 is 14.5 Å². The number of benzene rings is 9. The van der Waals surface area contributed by atoms with Gasteiger partial charge >= 0.3 is 0 Å². The summed E-state index contributed by atoms with van der Waals surface area (Å²) in [5.41, 5.74) is 20.1. The second kappa shape index (κ2) is 15.2. The summed E-state index contributed by atoms with van der Waals surface area (Å²) >= 11 is 0. The van der Waals surface area contributed by atoms with Gasteiger partial charge in [0.05, 0.1) is 50.6 Å². The van der Waals surface area contributed by atoms with Gasteiger partial charge in [0.2, 0.25) is 0 Å². The molecule has 9 aromatic carbocycles. The Balaban J connectivity index is 0.921. The highest BCUT2D eigenvalue weighted by Gasteiger charge is 2.53. The lowest BCUT2D eigenvalue weighted by atomic mass is 9.64. The van der Waals surface area contributed by atoms with Crippen molar-refractivity contribution in [2.75, 3.05) is 9.80 Å². The molecule has 0 atom stereocenters. The van der Waals surface area contributed by atoms with Gasteiger partial charge in [-0.25, -0.2) is 0 Å². The lowest BCUT2D eigenvalue weighted by Crippen LogP contribution is -2.36. The zero-order valence-electron chi connectivity index (χ0n) is 38.3. The average molecular weight is 908 g/mol. The number of anilines is 6. The fourth-order valence-corrected chi connectivity index (χ4v) is 11.9. The number of pyridine rings is 2. The minimum atomic E-state index is -0.751. The van der Waals surface area contributed by atoms with E-state index in [0.29, 0.717) is 0 Å². The molecule has 0 saturated heterocycles. The molecule has 1 aliphatic carbocycles. The molecule has 15 rings (SSSR count). The van der Waals surface area contributed by atoms with Crippen LogP contribution >= 0.6 is 0 Å². The summed E-state index contributed by atoms with van der Waals surface area (Å²) in [5, 5.41) is 2.50. The minimum absolute atomic E-state index is 0.751. The molecule has 3 aliphatic rings. The van der Waals surface area contributed by atoms with Gasteiger partial charge in [-0.05, 0) is 154 Å². The van der Waals surface area contributed by atoms with Gasteiger partial charge in [0.15, 0.2) is 11.5 Å². The Morgan fingerprint density at radius 1 is 0.324 bits per heavy atom. The Bertz CT molecular complexity index is 3960. The molecule has 3 aromatic heterocycles. The lowest BCUT2D eigenvalue weighted by Gasteiger charge is -2.45. The molecule has 2 aliphatic heterocycles. The van der Waals surface area contributed by atoms with E-state index in [1.165, 1.54) is 32.9 Å². The maximum atomic E-state index is 6.36. The van der Waals surface area contributed by atoms with Crippen molar-refractivity contribution < 1.29 is 4.74 Å². The number of nitrogens with zero attached hydrogens (tertiary/aromatic N) is 5. The van der Waals surface area contributed by atoms with Gasteiger partial charge in [-0.1, -0.05) is 127 Å². The smallest absolute Gasteiger partial charge is 0.151 e. The molecule has 1 spiro atoms. The highest BCUT2D eigenvalue weighted by atomic mass is 16.5. The first-order chi connectivity index (χ1) is 35.2. The summed E-state index contributed by atoms with van der Waals surface area (Å²) < 4.78 is 8.74. The molecule has 5 heterocycles. The maximum absolute atomic E-state index is 6.36. The van der Waals surface area contributed by atoms with Gasteiger partial charge in [0.1, 0.15) is 0 Å². The van der Waals surface area contributed by atoms with Crippen molar-refractivity contribution in [1.82, 2.24) is 14.5 Å². The van der Waals surface area contributed by atoms with E-state index in [-0.39, 0.29) is 0 Å². The highest BCUT2D eigenvalue weighted by Crippen LogP contribution is 2.63. The molecular weight excluding hydrogens is 867 g/mol. The first-order valence-corrected chi connectivity index (χ1v) is 24.1. The number of para-hydroxylation sites is 7. The number of rotatable bonds is 5. The minimum Gasteiger partial charge on any atom is -0.453 e. The monoisotopic (exact) mass is 907 g/mol. The summed E-state index contributed by atoms with van der Waals surface area (Å²) in [7, 11) is 0. The molecule has 6 nitrogen and oxygen atoms in total. The van der Waals surface area contributed by atoms with Crippen LogP contribution in [0, 0.1) is 0 Å². The number of fused-ring (bicyclic) bond motifs is 14. The Morgan fingerprint density at radius 3 is 1.31 bits per heavy atom. The first-order valence-electron chi connectivity index (χ1n) is 24.1. The van der Waals surface area contributed by atoms with E-state index >= 15 is 0 Å². The standard InChI is InChI=1S/C65H41N5O/c1-2-14-46(15-3-1)69-57-36-30-44(42-26-32-47(33-27-42)68-55-20-6-4-16-49(55)50-17-5-7-21-56(50)68)40-53(57)65(51-18-12-38-66-63(51)64-52(65)19-13-39-67-64)54-41-45(31-37-58(54)69)43-28-34-48(35-29-43)70-59-22-8-10-24-61(59)71-62-25-11-9-23-60(62)70/h1-41H. The van der Waals surface area contributed by atoms with Gasteiger partial charge in [-0.2, -0.15) is 0 Å². The zero-order chi connectivity index (χ0) is 46.6. The van der Waals surface area contributed by atoms with E-state index in [9.17, 15) is 0 Å². The summed E-state index contributed by atoms with van der Waals surface area (Å²) in [4.78, 5) is 14.9. The van der Waals surface area contributed by atoms with Crippen LogP contribution in [0.2, 0.25) is 0 Å². The molecule has 12 aromatic rings. The van der Waals surface area contributed by atoms with Crippen molar-refractivity contribution in [2.45, 2.75) is 5.41 Å². The lowest BCUT2D eigenvalue weighted by molar-refractivity contribution is 0.477. The quantitative estimate of drug-likeness (QED) is 0.172. The largest absolute Gasteiger partial charge is 0.453 e. The Hall–Kier alpha value is -9.52. The second-order valence-corrected chi connectivity index (χ2v) is 18.5. The van der Waals surface area contributed by atoms with Crippen LogP contribution in [0.15, 0.2) is 249 Å². The Kier molecular flexibility index (Phi) is 8.47. The summed E-state index contributed by atoms with van der Waals surface area (Å²) in [6.45, 7) is 0. The van der Waals surface area contributed by atoms with E-state index in [1.54, 1.807) is 0 Å². The van der Waals surface area contributed by atoms with Crippen molar-refractivity contribution in [3.05, 3.63) is 271 Å². The van der Waals surface area contributed by atoms with E-state index in [2.05, 4.69) is 227 Å². The first kappa shape index (κ1) is 39.5. The summed E-state index contributed by atoms with van der Waals surface area (Å²) in [5.74, 6) is 1.67. The van der Waals surface area contributed by atoms with Crippen LogP contribution in [0.4, 0.5) is 34.1 Å². The highest BCUT2D eigenvalue weighted by molar-refractivity contribution is 6.09. The summed E-state index contributed by atoms with van der Waals surface area (Å²) in [6.07, 6.45) is 3.80. The third kappa shape index (κ3) is 5.70. The van der Waals surface area contributed by atoms with Crippen LogP contribution in [0.25, 0.3) is 61.1 Å². The van der Waals surface area contributed by atoms with Crippen LogP contribution in [0.1, 0.15) is 22.3 Å². The predicted molar refractivity (Wildman–Crippen MR) is 288 cm³/mol. The number of hydrogen-bond acceptors (Lipinski definition) is 5. The van der Waals surface area contributed by atoms with Gasteiger partial charge in [0.25, 0.3) is 0 Å². The van der Waals surface area contributed by atoms with E-state index in [1.807, 2.05) is 36.7 Å². The van der Waals surface area contributed by atoms with E-state index in [4.69, 9.17) is 14.7 Å². The van der Waals surface area contributed by atoms with Crippen molar-refractivity contribution in [2.24, 2.45) is 0 Å². The molecule has 0 radical (unpaired) electrons. The maximum Gasteiger partial charge on any atom is 0.151 e. The third-order valence-electron chi connectivity index (χ3n) is 14.9.